The van der Waals surface area contributed by atoms with Gasteiger partial charge in [0, 0.05) is 0 Å². The number of rotatable bonds is 5. The summed E-state index contributed by atoms with van der Waals surface area (Å²) in [7, 11) is 0. The Morgan fingerprint density at radius 2 is 1.38 bits per heavy atom. The van der Waals surface area contributed by atoms with Gasteiger partial charge in [-0.15, -0.1) is 13.2 Å². The largest absolute Gasteiger partial charge is 0.573 e. The van der Waals surface area contributed by atoms with Gasteiger partial charge in [-0.2, -0.15) is 0 Å². The van der Waals surface area contributed by atoms with Crippen LogP contribution in [0.2, 0.25) is 0 Å². The number of carbonyl (C=O) groups excluding carboxylic acids is 2. The van der Waals surface area contributed by atoms with Crippen LogP contribution in [-0.4, -0.2) is 29.1 Å². The van der Waals surface area contributed by atoms with Crippen molar-refractivity contribution in [3.8, 4) is 17.2 Å². The van der Waals surface area contributed by atoms with Crippen LogP contribution in [0.15, 0.2) is 42.5 Å². The second-order valence-corrected chi connectivity index (χ2v) is 8.62. The van der Waals surface area contributed by atoms with Gasteiger partial charge < -0.3 is 14.2 Å². The van der Waals surface area contributed by atoms with Crippen LogP contribution in [0, 0.1) is 0 Å². The molecular weight excluding hydrogens is 425 g/mol. The summed E-state index contributed by atoms with van der Waals surface area (Å²) in [4.78, 5) is 26.3. The van der Waals surface area contributed by atoms with Crippen molar-refractivity contribution in [3.05, 3.63) is 53.6 Å². The van der Waals surface area contributed by atoms with Crippen LogP contribution in [0.4, 0.5) is 13.2 Å². The zero-order valence-electron chi connectivity index (χ0n) is 18.5. The number of hydrogen-bond acceptors (Lipinski definition) is 5. The fraction of sp³-hybridized carbons (Fsp3) is 0.417. The molecule has 1 fully saturated rings. The van der Waals surface area contributed by atoms with Crippen LogP contribution >= 0.6 is 0 Å². The molecule has 0 saturated carbocycles. The summed E-state index contributed by atoms with van der Waals surface area (Å²) in [5.74, 6) is -1.40. The molecule has 8 heteroatoms. The van der Waals surface area contributed by atoms with Crippen molar-refractivity contribution < 1.29 is 37.0 Å². The fourth-order valence-corrected chi connectivity index (χ4v) is 3.91. The molecule has 1 aliphatic heterocycles. The Balaban J connectivity index is 1.94. The lowest BCUT2D eigenvalue weighted by atomic mass is 9.73. The zero-order valence-corrected chi connectivity index (χ0v) is 18.5. The van der Waals surface area contributed by atoms with Crippen molar-refractivity contribution in [2.24, 2.45) is 0 Å². The van der Waals surface area contributed by atoms with E-state index in [0.717, 1.165) is 17.7 Å². The highest BCUT2D eigenvalue weighted by atomic mass is 19.4. The number of hydrogen-bond donors (Lipinski definition) is 0. The van der Waals surface area contributed by atoms with Gasteiger partial charge in [0.05, 0.1) is 0 Å². The zero-order chi connectivity index (χ0) is 23.9. The number of benzene rings is 2. The fourth-order valence-electron chi connectivity index (χ4n) is 3.91. The molecule has 1 heterocycles. The summed E-state index contributed by atoms with van der Waals surface area (Å²) in [6, 6.07) is 10.1. The van der Waals surface area contributed by atoms with Crippen molar-refractivity contribution >= 4 is 11.6 Å². The van der Waals surface area contributed by atoms with Gasteiger partial charge in [0.1, 0.15) is 34.4 Å². The minimum atomic E-state index is -4.78. The van der Waals surface area contributed by atoms with Gasteiger partial charge >= 0.3 is 6.36 Å². The van der Waals surface area contributed by atoms with Crippen molar-refractivity contribution in [2.45, 2.75) is 64.5 Å². The van der Waals surface area contributed by atoms with E-state index in [1.54, 1.807) is 45.9 Å². The van der Waals surface area contributed by atoms with Crippen molar-refractivity contribution in [1.82, 2.24) is 0 Å². The first kappa shape index (κ1) is 23.8. The summed E-state index contributed by atoms with van der Waals surface area (Å²) >= 11 is 0. The van der Waals surface area contributed by atoms with E-state index in [0.29, 0.717) is 17.7 Å². The van der Waals surface area contributed by atoms with Gasteiger partial charge in [0.2, 0.25) is 0 Å². The molecule has 0 amide bonds. The molecule has 2 aromatic carbocycles. The van der Waals surface area contributed by atoms with Gasteiger partial charge in [-0.1, -0.05) is 13.0 Å². The second kappa shape index (κ2) is 8.24. The third kappa shape index (κ3) is 4.96. The number of aryl methyl sites for hydroxylation is 1. The SMILES string of the molecule is CCc1ccc(Oc2ccc(OC(F)(F)F)cc2)cc1C1C(=O)C(C)(C)OC(C)(C)C1=O. The highest BCUT2D eigenvalue weighted by Crippen LogP contribution is 2.41. The minimum absolute atomic E-state index is 0.278. The third-order valence-corrected chi connectivity index (χ3v) is 5.32. The summed E-state index contributed by atoms with van der Waals surface area (Å²) in [5.41, 5.74) is -0.913. The van der Waals surface area contributed by atoms with E-state index in [2.05, 4.69) is 4.74 Å². The number of alkyl halides is 3. The lowest BCUT2D eigenvalue weighted by Crippen LogP contribution is -2.58. The smallest absolute Gasteiger partial charge is 0.457 e. The maximum atomic E-state index is 13.1. The van der Waals surface area contributed by atoms with E-state index in [9.17, 15) is 22.8 Å². The Kier molecular flexibility index (Phi) is 6.12. The average Bonchev–Trinajstić information content (AvgIpc) is 2.67. The Morgan fingerprint density at radius 1 is 0.875 bits per heavy atom. The molecule has 0 aromatic heterocycles. The van der Waals surface area contributed by atoms with Gasteiger partial charge in [0.25, 0.3) is 0 Å². The van der Waals surface area contributed by atoms with Gasteiger partial charge in [-0.3, -0.25) is 9.59 Å². The Hall–Kier alpha value is -2.87. The van der Waals surface area contributed by atoms with Crippen LogP contribution in [0.25, 0.3) is 0 Å². The molecule has 0 unspecified atom stereocenters. The lowest BCUT2D eigenvalue weighted by molar-refractivity contribution is -0.274. The molecule has 0 atom stereocenters. The molecule has 1 aliphatic rings. The minimum Gasteiger partial charge on any atom is -0.457 e. The van der Waals surface area contributed by atoms with E-state index in [1.165, 1.54) is 12.1 Å². The lowest BCUT2D eigenvalue weighted by Gasteiger charge is -2.43. The molecule has 172 valence electrons. The summed E-state index contributed by atoms with van der Waals surface area (Å²) in [6.07, 6.45) is -4.19. The van der Waals surface area contributed by atoms with Crippen LogP contribution < -0.4 is 9.47 Å². The summed E-state index contributed by atoms with van der Waals surface area (Å²) in [6.45, 7) is 8.50. The van der Waals surface area contributed by atoms with Gasteiger partial charge in [-0.25, -0.2) is 0 Å². The molecule has 32 heavy (non-hydrogen) atoms. The van der Waals surface area contributed by atoms with Crippen LogP contribution in [-0.2, 0) is 20.7 Å². The van der Waals surface area contributed by atoms with Crippen molar-refractivity contribution in [3.63, 3.8) is 0 Å². The Labute approximate surface area is 184 Å². The number of ether oxygens (including phenoxy) is 3. The van der Waals surface area contributed by atoms with Crippen LogP contribution in [0.5, 0.6) is 17.2 Å². The molecule has 3 rings (SSSR count). The monoisotopic (exact) mass is 450 g/mol. The predicted molar refractivity (Wildman–Crippen MR) is 111 cm³/mol. The third-order valence-electron chi connectivity index (χ3n) is 5.32. The number of ketones is 2. The molecule has 0 radical (unpaired) electrons. The van der Waals surface area contributed by atoms with E-state index >= 15 is 0 Å². The van der Waals surface area contributed by atoms with Gasteiger partial charge in [0.15, 0.2) is 11.6 Å². The van der Waals surface area contributed by atoms with E-state index in [4.69, 9.17) is 9.47 Å². The maximum Gasteiger partial charge on any atom is 0.573 e. The molecule has 0 aliphatic carbocycles. The highest BCUT2D eigenvalue weighted by molar-refractivity contribution is 6.15. The number of Topliss-reactive ketones (excluding diaryl/α,β-unsaturated/α-hetero) is 2. The van der Waals surface area contributed by atoms with E-state index < -0.39 is 23.5 Å². The van der Waals surface area contributed by atoms with Crippen LogP contribution in [0.3, 0.4) is 0 Å². The Bertz CT molecular complexity index is 997. The first-order chi connectivity index (χ1) is 14.7. The standard InChI is InChI=1S/C24H25F3O5/c1-6-14-7-8-17(30-15-9-11-16(12-10-15)31-24(25,26)27)13-18(14)19-20(28)22(2,3)32-23(4,5)21(19)29/h7-13,19H,6H2,1-5H3. The summed E-state index contributed by atoms with van der Waals surface area (Å²) < 4.78 is 52.4. The van der Waals surface area contributed by atoms with E-state index in [1.807, 2.05) is 6.92 Å². The molecule has 2 aromatic rings. The normalized spacial score (nSPS) is 18.5. The summed E-state index contributed by atoms with van der Waals surface area (Å²) in [5, 5.41) is 0. The van der Waals surface area contributed by atoms with Gasteiger partial charge in [-0.05, 0) is 81.6 Å². The first-order valence-electron chi connectivity index (χ1n) is 10.2. The van der Waals surface area contributed by atoms with E-state index in [-0.39, 0.29) is 23.1 Å². The van der Waals surface area contributed by atoms with Crippen molar-refractivity contribution in [2.75, 3.05) is 0 Å². The molecule has 0 N–H and O–H groups in total. The number of carbonyl (C=O) groups is 2. The average molecular weight is 450 g/mol. The van der Waals surface area contributed by atoms with Crippen LogP contribution in [0.1, 0.15) is 51.7 Å². The van der Waals surface area contributed by atoms with Crippen molar-refractivity contribution in [1.29, 1.82) is 0 Å². The predicted octanol–water partition coefficient (Wildman–Crippen LogP) is 5.75. The molecule has 0 spiro atoms. The number of halogens is 3. The molecule has 1 saturated heterocycles. The maximum absolute atomic E-state index is 13.1. The quantitative estimate of drug-likeness (QED) is 0.543. The molecule has 5 nitrogen and oxygen atoms in total. The first-order valence-corrected chi connectivity index (χ1v) is 10.2. The Morgan fingerprint density at radius 3 is 1.88 bits per heavy atom. The second-order valence-electron chi connectivity index (χ2n) is 8.62. The highest BCUT2D eigenvalue weighted by Gasteiger charge is 2.53. The molecular formula is C24H25F3O5. The topological polar surface area (TPSA) is 61.8 Å². The molecule has 0 bridgehead atoms.